The molecule has 3 atom stereocenters. The Kier molecular flexibility index (Phi) is 5.58. The van der Waals surface area contributed by atoms with E-state index in [2.05, 4.69) is 17.1 Å². The van der Waals surface area contributed by atoms with Gasteiger partial charge < -0.3 is 15.0 Å². The van der Waals surface area contributed by atoms with Crippen molar-refractivity contribution in [2.75, 3.05) is 32.8 Å². The van der Waals surface area contributed by atoms with Crippen molar-refractivity contribution < 1.29 is 14.3 Å². The molecular weight excluding hydrogens is 270 g/mol. The van der Waals surface area contributed by atoms with Gasteiger partial charge in [0.05, 0.1) is 12.7 Å². The van der Waals surface area contributed by atoms with Crippen LogP contribution in [0.1, 0.15) is 33.6 Å². The third-order valence-electron chi connectivity index (χ3n) is 4.44. The molecule has 0 aromatic carbocycles. The maximum absolute atomic E-state index is 12.5. The molecule has 2 fully saturated rings. The van der Waals surface area contributed by atoms with Crippen molar-refractivity contribution in [1.82, 2.24) is 15.1 Å². The first-order chi connectivity index (χ1) is 10.1. The monoisotopic (exact) mass is 297 g/mol. The first-order valence-electron chi connectivity index (χ1n) is 8.05. The molecule has 0 spiro atoms. The van der Waals surface area contributed by atoms with E-state index in [4.69, 9.17) is 4.74 Å². The summed E-state index contributed by atoms with van der Waals surface area (Å²) in [5.74, 6) is -0.00622. The minimum absolute atomic E-state index is 0.0000983. The second-order valence-electron chi connectivity index (χ2n) is 5.77. The van der Waals surface area contributed by atoms with E-state index < -0.39 is 0 Å². The van der Waals surface area contributed by atoms with Crippen LogP contribution in [0.4, 0.5) is 0 Å². The van der Waals surface area contributed by atoms with E-state index >= 15 is 0 Å². The number of nitrogens with one attached hydrogen (secondary N) is 1. The van der Waals surface area contributed by atoms with Gasteiger partial charge in [0.2, 0.25) is 11.8 Å². The standard InChI is InChI=1S/C15H27N3O3/c1-4-12-15(20)18(13(5-2)14(19)16-12)10-11-9-17(6-3)7-8-21-11/h11-13H,4-10H2,1-3H3,(H,16,19). The van der Waals surface area contributed by atoms with Crippen LogP contribution in [0.5, 0.6) is 0 Å². The molecule has 0 saturated carbocycles. The second-order valence-corrected chi connectivity index (χ2v) is 5.77. The molecule has 2 saturated heterocycles. The Hall–Kier alpha value is -1.14. The number of hydrogen-bond acceptors (Lipinski definition) is 4. The van der Waals surface area contributed by atoms with Crippen LogP contribution in [0.3, 0.4) is 0 Å². The van der Waals surface area contributed by atoms with Crippen molar-refractivity contribution >= 4 is 11.8 Å². The third kappa shape index (κ3) is 3.55. The molecular formula is C15H27N3O3. The van der Waals surface area contributed by atoms with Gasteiger partial charge in [-0.1, -0.05) is 20.8 Å². The van der Waals surface area contributed by atoms with Crippen LogP contribution in [0.25, 0.3) is 0 Å². The number of nitrogens with zero attached hydrogens (tertiary/aromatic N) is 2. The number of ether oxygens (including phenoxy) is 1. The number of amides is 2. The molecule has 6 heteroatoms. The van der Waals surface area contributed by atoms with Crippen LogP contribution in [0.2, 0.25) is 0 Å². The summed E-state index contributed by atoms with van der Waals surface area (Å²) < 4.78 is 5.79. The van der Waals surface area contributed by atoms with Gasteiger partial charge in [-0.2, -0.15) is 0 Å². The summed E-state index contributed by atoms with van der Waals surface area (Å²) in [6.07, 6.45) is 1.27. The molecule has 0 bridgehead atoms. The minimum atomic E-state index is -0.383. The van der Waals surface area contributed by atoms with Crippen LogP contribution < -0.4 is 5.32 Å². The highest BCUT2D eigenvalue weighted by molar-refractivity contribution is 5.96. The van der Waals surface area contributed by atoms with Gasteiger partial charge in [0.15, 0.2) is 0 Å². The minimum Gasteiger partial charge on any atom is -0.374 e. The molecule has 2 amide bonds. The summed E-state index contributed by atoms with van der Waals surface area (Å²) in [6, 6.07) is -0.743. The third-order valence-corrected chi connectivity index (χ3v) is 4.44. The highest BCUT2D eigenvalue weighted by Gasteiger charge is 2.40. The van der Waals surface area contributed by atoms with Gasteiger partial charge in [0.25, 0.3) is 0 Å². The summed E-state index contributed by atoms with van der Waals surface area (Å²) in [7, 11) is 0. The number of carbonyl (C=O) groups excluding carboxylic acids is 2. The first kappa shape index (κ1) is 16.2. The van der Waals surface area contributed by atoms with Crippen molar-refractivity contribution in [3.63, 3.8) is 0 Å². The Morgan fingerprint density at radius 3 is 2.62 bits per heavy atom. The van der Waals surface area contributed by atoms with E-state index in [-0.39, 0.29) is 30.0 Å². The Morgan fingerprint density at radius 1 is 1.24 bits per heavy atom. The molecule has 2 heterocycles. The average Bonchev–Trinajstić information content (AvgIpc) is 2.51. The maximum atomic E-state index is 12.5. The number of rotatable bonds is 5. The fourth-order valence-corrected chi connectivity index (χ4v) is 3.12. The SMILES string of the molecule is CCC1NC(=O)C(CC)N(CC2CN(CC)CCO2)C1=O. The molecule has 0 aliphatic carbocycles. The van der Waals surface area contributed by atoms with E-state index in [1.165, 1.54) is 0 Å². The van der Waals surface area contributed by atoms with Crippen LogP contribution in [0, 0.1) is 0 Å². The van der Waals surface area contributed by atoms with Crippen molar-refractivity contribution in [3.8, 4) is 0 Å². The van der Waals surface area contributed by atoms with Gasteiger partial charge in [-0.05, 0) is 19.4 Å². The Balaban J connectivity index is 2.06. The summed E-state index contributed by atoms with van der Waals surface area (Å²) in [5, 5.41) is 2.82. The molecule has 21 heavy (non-hydrogen) atoms. The zero-order chi connectivity index (χ0) is 15.4. The average molecular weight is 297 g/mol. The predicted octanol–water partition coefficient (Wildman–Crippen LogP) is 0.223. The van der Waals surface area contributed by atoms with E-state index in [1.807, 2.05) is 13.8 Å². The topological polar surface area (TPSA) is 61.9 Å². The summed E-state index contributed by atoms with van der Waals surface area (Å²) >= 11 is 0. The molecule has 120 valence electrons. The lowest BCUT2D eigenvalue weighted by Crippen LogP contribution is -2.65. The lowest BCUT2D eigenvalue weighted by atomic mass is 10.0. The molecule has 0 aromatic rings. The largest absolute Gasteiger partial charge is 0.374 e. The van der Waals surface area contributed by atoms with Gasteiger partial charge in [-0.25, -0.2) is 0 Å². The zero-order valence-electron chi connectivity index (χ0n) is 13.3. The number of hydrogen-bond donors (Lipinski definition) is 1. The summed E-state index contributed by atoms with van der Waals surface area (Å²) in [5.41, 5.74) is 0. The Morgan fingerprint density at radius 2 is 2.00 bits per heavy atom. The second kappa shape index (κ2) is 7.22. The molecule has 6 nitrogen and oxygen atoms in total. The molecule has 2 aliphatic heterocycles. The van der Waals surface area contributed by atoms with Crippen LogP contribution in [-0.4, -0.2) is 72.6 Å². The van der Waals surface area contributed by atoms with Gasteiger partial charge >= 0.3 is 0 Å². The number of carbonyl (C=O) groups is 2. The van der Waals surface area contributed by atoms with E-state index in [9.17, 15) is 9.59 Å². The Labute approximate surface area is 126 Å². The molecule has 3 unspecified atom stereocenters. The van der Waals surface area contributed by atoms with E-state index in [0.717, 1.165) is 19.6 Å². The molecule has 0 aromatic heterocycles. The van der Waals surface area contributed by atoms with E-state index in [0.29, 0.717) is 26.0 Å². The van der Waals surface area contributed by atoms with Gasteiger partial charge in [-0.3, -0.25) is 14.5 Å². The maximum Gasteiger partial charge on any atom is 0.245 e. The van der Waals surface area contributed by atoms with Gasteiger partial charge in [0, 0.05) is 19.6 Å². The lowest BCUT2D eigenvalue weighted by molar-refractivity contribution is -0.153. The first-order valence-corrected chi connectivity index (χ1v) is 8.05. The van der Waals surface area contributed by atoms with Crippen LogP contribution >= 0.6 is 0 Å². The normalized spacial score (nSPS) is 31.4. The zero-order valence-corrected chi connectivity index (χ0v) is 13.3. The van der Waals surface area contributed by atoms with E-state index in [1.54, 1.807) is 4.90 Å². The number of likely N-dealkylation sites (N-methyl/N-ethyl adjacent to an activating group) is 1. The summed E-state index contributed by atoms with van der Waals surface area (Å²) in [4.78, 5) is 28.7. The van der Waals surface area contributed by atoms with Crippen LogP contribution in [0.15, 0.2) is 0 Å². The fourth-order valence-electron chi connectivity index (χ4n) is 3.12. The van der Waals surface area contributed by atoms with Crippen molar-refractivity contribution in [2.45, 2.75) is 51.8 Å². The summed E-state index contributed by atoms with van der Waals surface area (Å²) in [6.45, 7) is 9.96. The number of piperazine rings is 1. The Bertz CT molecular complexity index is 388. The molecule has 1 N–H and O–H groups in total. The molecule has 2 aliphatic rings. The molecule has 0 radical (unpaired) electrons. The van der Waals surface area contributed by atoms with Crippen molar-refractivity contribution in [3.05, 3.63) is 0 Å². The van der Waals surface area contributed by atoms with Crippen molar-refractivity contribution in [1.29, 1.82) is 0 Å². The van der Waals surface area contributed by atoms with Crippen LogP contribution in [-0.2, 0) is 14.3 Å². The lowest BCUT2D eigenvalue weighted by Gasteiger charge is -2.41. The molecule has 2 rings (SSSR count). The smallest absolute Gasteiger partial charge is 0.245 e. The fraction of sp³-hybridized carbons (Fsp3) is 0.867. The van der Waals surface area contributed by atoms with Gasteiger partial charge in [-0.15, -0.1) is 0 Å². The highest BCUT2D eigenvalue weighted by atomic mass is 16.5. The number of morpholine rings is 1. The highest BCUT2D eigenvalue weighted by Crippen LogP contribution is 2.17. The predicted molar refractivity (Wildman–Crippen MR) is 79.9 cm³/mol. The quantitative estimate of drug-likeness (QED) is 0.789. The van der Waals surface area contributed by atoms with Crippen molar-refractivity contribution in [2.24, 2.45) is 0 Å². The van der Waals surface area contributed by atoms with Gasteiger partial charge in [0.1, 0.15) is 12.1 Å².